The maximum Gasteiger partial charge on any atom is 0.416 e. The van der Waals surface area contributed by atoms with Crippen molar-refractivity contribution in [1.29, 1.82) is 5.26 Å². The lowest BCUT2D eigenvalue weighted by molar-refractivity contribution is -0.137. The molecule has 12 heteroatoms. The molecule has 1 amide bonds. The van der Waals surface area contributed by atoms with Gasteiger partial charge in [-0.15, -0.1) is 11.3 Å². The number of thiazole rings is 1. The molecule has 0 aliphatic heterocycles. The van der Waals surface area contributed by atoms with Gasteiger partial charge in [0.05, 0.1) is 42.6 Å². The van der Waals surface area contributed by atoms with Crippen molar-refractivity contribution in [2.24, 2.45) is 5.10 Å². The van der Waals surface area contributed by atoms with Crippen molar-refractivity contribution in [3.05, 3.63) is 100 Å². The van der Waals surface area contributed by atoms with Gasteiger partial charge in [-0.3, -0.25) is 4.79 Å². The number of nitrogens with zero attached hydrogens (tertiary/aromatic N) is 3. The van der Waals surface area contributed by atoms with Crippen LogP contribution in [0.1, 0.15) is 27.9 Å². The molecule has 3 aromatic carbocycles. The van der Waals surface area contributed by atoms with E-state index < -0.39 is 17.6 Å². The Bertz CT molecular complexity index is 1560. The van der Waals surface area contributed by atoms with E-state index in [1.54, 1.807) is 35.7 Å². The van der Waals surface area contributed by atoms with Crippen LogP contribution in [0.3, 0.4) is 0 Å². The predicted molar refractivity (Wildman–Crippen MR) is 145 cm³/mol. The van der Waals surface area contributed by atoms with Crippen molar-refractivity contribution in [3.8, 4) is 17.6 Å². The number of halogens is 3. The summed E-state index contributed by atoms with van der Waals surface area (Å²) in [5.41, 5.74) is 4.25. The van der Waals surface area contributed by atoms with E-state index >= 15 is 0 Å². The van der Waals surface area contributed by atoms with Crippen molar-refractivity contribution in [2.75, 3.05) is 12.4 Å². The van der Waals surface area contributed by atoms with E-state index in [0.29, 0.717) is 33.5 Å². The van der Waals surface area contributed by atoms with E-state index in [9.17, 15) is 23.2 Å². The number of ether oxygens (including phenoxy) is 2. The molecule has 4 rings (SSSR count). The maximum absolute atomic E-state index is 12.9. The maximum atomic E-state index is 12.9. The van der Waals surface area contributed by atoms with Gasteiger partial charge in [-0.05, 0) is 48.0 Å². The number of aromatic nitrogens is 1. The summed E-state index contributed by atoms with van der Waals surface area (Å²) in [4.78, 5) is 16.6. The zero-order valence-electron chi connectivity index (χ0n) is 21.0. The molecule has 1 aromatic heterocycles. The Morgan fingerprint density at radius 2 is 1.95 bits per heavy atom. The number of rotatable bonds is 10. The van der Waals surface area contributed by atoms with Gasteiger partial charge in [0.25, 0.3) is 0 Å². The van der Waals surface area contributed by atoms with E-state index in [2.05, 4.69) is 26.9 Å². The smallest absolute Gasteiger partial charge is 0.416 e. The van der Waals surface area contributed by atoms with Crippen LogP contribution in [0.25, 0.3) is 0 Å². The largest absolute Gasteiger partial charge is 0.493 e. The van der Waals surface area contributed by atoms with Crippen LogP contribution in [0.15, 0.2) is 77.2 Å². The summed E-state index contributed by atoms with van der Waals surface area (Å²) in [6.07, 6.45) is -3.08. The molecule has 2 N–H and O–H groups in total. The summed E-state index contributed by atoms with van der Waals surface area (Å²) in [5, 5.41) is 18.0. The summed E-state index contributed by atoms with van der Waals surface area (Å²) in [6, 6.07) is 19.2. The van der Waals surface area contributed by atoms with Gasteiger partial charge in [-0.25, -0.2) is 10.4 Å². The second kappa shape index (κ2) is 12.8. The monoisotopic (exact) mass is 565 g/mol. The SMILES string of the molecule is COc1cc(/C=N\NC(=O)Cc2csc(Nc3cccc(C(F)(F)F)c3)n2)ccc1OCc1ccccc1C#N. The fourth-order valence-corrected chi connectivity index (χ4v) is 4.25. The first-order valence-corrected chi connectivity index (χ1v) is 12.6. The van der Waals surface area contributed by atoms with Gasteiger partial charge in [0.15, 0.2) is 16.6 Å². The number of benzene rings is 3. The number of carbonyl (C=O) groups is 1. The molecule has 0 radical (unpaired) electrons. The van der Waals surface area contributed by atoms with Crippen molar-refractivity contribution in [3.63, 3.8) is 0 Å². The number of hydrogen-bond donors (Lipinski definition) is 2. The molecule has 8 nitrogen and oxygen atoms in total. The van der Waals surface area contributed by atoms with E-state index in [4.69, 9.17) is 9.47 Å². The van der Waals surface area contributed by atoms with Crippen molar-refractivity contribution < 1.29 is 27.4 Å². The Balaban J connectivity index is 1.30. The molecule has 0 saturated heterocycles. The highest BCUT2D eigenvalue weighted by atomic mass is 32.1. The van der Waals surface area contributed by atoms with Crippen LogP contribution in [-0.2, 0) is 24.0 Å². The van der Waals surface area contributed by atoms with E-state index in [0.717, 1.165) is 17.7 Å². The van der Waals surface area contributed by atoms with Crippen molar-refractivity contribution in [2.45, 2.75) is 19.2 Å². The Morgan fingerprint density at radius 1 is 1.12 bits per heavy atom. The number of hydrazone groups is 1. The average Bonchev–Trinajstić information content (AvgIpc) is 3.38. The van der Waals surface area contributed by atoms with Crippen LogP contribution < -0.4 is 20.2 Å². The minimum atomic E-state index is -4.45. The Hall–Kier alpha value is -4.89. The molecule has 4 aromatic rings. The van der Waals surface area contributed by atoms with Gasteiger partial charge in [0.2, 0.25) is 5.91 Å². The summed E-state index contributed by atoms with van der Waals surface area (Å²) < 4.78 is 50.0. The number of nitriles is 1. The standard InChI is InChI=1S/C28H22F3N5O3S/c1-38-25-11-18(9-10-24(25)39-16-20-6-3-2-5-19(20)14-32)15-33-36-26(37)13-23-17-40-27(35-23)34-22-8-4-7-21(12-22)28(29,30)31/h2-12,15,17H,13,16H2,1H3,(H,34,35)(H,36,37)/b33-15-. The third kappa shape index (κ3) is 7.58. The average molecular weight is 566 g/mol. The summed E-state index contributed by atoms with van der Waals surface area (Å²) in [5.74, 6) is 0.512. The van der Waals surface area contributed by atoms with Gasteiger partial charge in [-0.1, -0.05) is 24.3 Å². The number of anilines is 2. The van der Waals surface area contributed by atoms with Crippen LogP contribution in [0.2, 0.25) is 0 Å². The number of nitrogens with one attached hydrogen (secondary N) is 2. The van der Waals surface area contributed by atoms with Crippen molar-refractivity contribution >= 4 is 34.3 Å². The molecule has 0 atom stereocenters. The Morgan fingerprint density at radius 3 is 2.73 bits per heavy atom. The lowest BCUT2D eigenvalue weighted by Gasteiger charge is -2.12. The van der Waals surface area contributed by atoms with Gasteiger partial charge in [-0.2, -0.15) is 23.5 Å². The molecule has 0 saturated carbocycles. The highest BCUT2D eigenvalue weighted by Crippen LogP contribution is 2.32. The fourth-order valence-electron chi connectivity index (χ4n) is 3.52. The molecule has 0 bridgehead atoms. The normalized spacial score (nSPS) is 11.2. The lowest BCUT2D eigenvalue weighted by atomic mass is 10.1. The molecule has 0 spiro atoms. The zero-order valence-corrected chi connectivity index (χ0v) is 21.8. The van der Waals surface area contributed by atoms with Gasteiger partial charge in [0, 0.05) is 16.6 Å². The molecule has 0 fully saturated rings. The molecule has 1 heterocycles. The molecule has 0 aliphatic carbocycles. The Kier molecular flexibility index (Phi) is 8.98. The second-order valence-corrected chi connectivity index (χ2v) is 9.14. The van der Waals surface area contributed by atoms with Crippen LogP contribution in [-0.4, -0.2) is 24.2 Å². The minimum Gasteiger partial charge on any atom is -0.493 e. The number of carbonyl (C=O) groups excluding carboxylic acids is 1. The van der Waals surface area contributed by atoms with E-state index in [1.807, 2.05) is 12.1 Å². The quantitative estimate of drug-likeness (QED) is 0.179. The summed E-state index contributed by atoms with van der Waals surface area (Å²) >= 11 is 1.17. The number of methoxy groups -OCH3 is 1. The molecule has 204 valence electrons. The number of hydrogen-bond acceptors (Lipinski definition) is 8. The lowest BCUT2D eigenvalue weighted by Crippen LogP contribution is -2.19. The molecular formula is C28H22F3N5O3S. The van der Waals surface area contributed by atoms with Gasteiger partial charge >= 0.3 is 6.18 Å². The third-order valence-corrected chi connectivity index (χ3v) is 6.25. The first-order valence-electron chi connectivity index (χ1n) is 11.7. The topological polar surface area (TPSA) is 109 Å². The first-order chi connectivity index (χ1) is 19.2. The zero-order chi connectivity index (χ0) is 28.5. The van der Waals surface area contributed by atoms with Crippen LogP contribution in [0, 0.1) is 11.3 Å². The summed E-state index contributed by atoms with van der Waals surface area (Å²) in [6.45, 7) is 0.192. The highest BCUT2D eigenvalue weighted by Gasteiger charge is 2.30. The number of alkyl halides is 3. The van der Waals surface area contributed by atoms with Crippen LogP contribution in [0.5, 0.6) is 11.5 Å². The minimum absolute atomic E-state index is 0.0711. The molecular weight excluding hydrogens is 543 g/mol. The first kappa shape index (κ1) is 28.1. The molecule has 40 heavy (non-hydrogen) atoms. The van der Waals surface area contributed by atoms with Crippen LogP contribution in [0.4, 0.5) is 24.0 Å². The van der Waals surface area contributed by atoms with Gasteiger partial charge < -0.3 is 14.8 Å². The summed E-state index contributed by atoms with van der Waals surface area (Å²) in [7, 11) is 1.50. The van der Waals surface area contributed by atoms with Crippen LogP contribution >= 0.6 is 11.3 Å². The molecule has 0 aliphatic rings. The van der Waals surface area contributed by atoms with E-state index in [1.165, 1.54) is 36.8 Å². The fraction of sp³-hybridized carbons (Fsp3) is 0.143. The highest BCUT2D eigenvalue weighted by molar-refractivity contribution is 7.13. The van der Waals surface area contributed by atoms with Crippen molar-refractivity contribution in [1.82, 2.24) is 10.4 Å². The molecule has 0 unspecified atom stereocenters. The van der Waals surface area contributed by atoms with Gasteiger partial charge in [0.1, 0.15) is 6.61 Å². The van der Waals surface area contributed by atoms with E-state index in [-0.39, 0.29) is 18.7 Å². The predicted octanol–water partition coefficient (Wildman–Crippen LogP) is 6.06. The Labute approximate surface area is 231 Å². The number of amides is 1. The third-order valence-electron chi connectivity index (χ3n) is 5.45. The second-order valence-electron chi connectivity index (χ2n) is 8.29.